The van der Waals surface area contributed by atoms with Gasteiger partial charge in [-0.1, -0.05) is 75.4 Å². The molecule has 5 heteroatoms. The van der Waals surface area contributed by atoms with Crippen LogP contribution in [0.5, 0.6) is 11.5 Å². The van der Waals surface area contributed by atoms with Gasteiger partial charge in [0.2, 0.25) is 5.78 Å². The molecule has 1 heterocycles. The summed E-state index contributed by atoms with van der Waals surface area (Å²) in [6.45, 7) is 6.42. The second-order valence-electron chi connectivity index (χ2n) is 8.90. The number of hydrogen-bond donors (Lipinski definition) is 0. The molecule has 1 aliphatic rings. The number of hydrogen-bond acceptors (Lipinski definition) is 5. The van der Waals surface area contributed by atoms with Gasteiger partial charge in [0.05, 0.1) is 5.56 Å². The Morgan fingerprint density at radius 2 is 1.70 bits per heavy atom. The average molecular weight is 443 g/mol. The van der Waals surface area contributed by atoms with E-state index in [1.807, 2.05) is 42.5 Å². The van der Waals surface area contributed by atoms with E-state index < -0.39 is 5.97 Å². The van der Waals surface area contributed by atoms with Crippen LogP contribution in [0.1, 0.15) is 47.8 Å². The molecule has 0 radical (unpaired) electrons. The third-order valence-corrected chi connectivity index (χ3v) is 5.32. The lowest BCUT2D eigenvalue weighted by molar-refractivity contribution is -0.147. The summed E-state index contributed by atoms with van der Waals surface area (Å²) < 4.78 is 16.5. The molecule has 0 amide bonds. The highest BCUT2D eigenvalue weighted by molar-refractivity contribution is 6.14. The van der Waals surface area contributed by atoms with E-state index in [0.717, 1.165) is 11.1 Å². The van der Waals surface area contributed by atoms with Crippen LogP contribution in [0.15, 0.2) is 78.6 Å². The van der Waals surface area contributed by atoms with E-state index >= 15 is 0 Å². The molecule has 0 N–H and O–H groups in total. The Bertz CT molecular complexity index is 1190. The summed E-state index contributed by atoms with van der Waals surface area (Å²) in [5, 5.41) is 0. The van der Waals surface area contributed by atoms with Crippen molar-refractivity contribution in [1.29, 1.82) is 0 Å². The van der Waals surface area contributed by atoms with Gasteiger partial charge < -0.3 is 14.2 Å². The molecular formula is C28H26O5. The van der Waals surface area contributed by atoms with Crippen molar-refractivity contribution in [1.82, 2.24) is 0 Å². The van der Waals surface area contributed by atoms with Crippen LogP contribution in [-0.4, -0.2) is 18.4 Å². The van der Waals surface area contributed by atoms with E-state index in [0.29, 0.717) is 17.1 Å². The van der Waals surface area contributed by atoms with Crippen LogP contribution in [-0.2, 0) is 21.6 Å². The molecule has 0 saturated carbocycles. The van der Waals surface area contributed by atoms with E-state index in [1.54, 1.807) is 24.3 Å². The molecule has 0 fully saturated rings. The van der Waals surface area contributed by atoms with E-state index in [1.165, 1.54) is 5.56 Å². The third kappa shape index (κ3) is 5.50. The standard InChI is InChI=1S/C28H26O5/c1-28(2,3)21-11-9-19(10-12-21)15-25-27(30)23-14-13-22(16-24(23)33-25)31-18-26(29)32-17-20-7-5-4-6-8-20/h4-16H,17-18H2,1-3H3. The maximum Gasteiger partial charge on any atom is 0.344 e. The van der Waals surface area contributed by atoms with E-state index in [-0.39, 0.29) is 30.2 Å². The number of esters is 1. The summed E-state index contributed by atoms with van der Waals surface area (Å²) in [5.74, 6) is 0.434. The molecule has 5 nitrogen and oxygen atoms in total. The van der Waals surface area contributed by atoms with Crippen molar-refractivity contribution in [3.63, 3.8) is 0 Å². The number of allylic oxidation sites excluding steroid dienone is 1. The van der Waals surface area contributed by atoms with Crippen LogP contribution in [0, 0.1) is 0 Å². The predicted molar refractivity (Wildman–Crippen MR) is 126 cm³/mol. The van der Waals surface area contributed by atoms with Crippen molar-refractivity contribution in [2.24, 2.45) is 0 Å². The molecule has 0 unspecified atom stereocenters. The first-order valence-corrected chi connectivity index (χ1v) is 10.8. The van der Waals surface area contributed by atoms with Gasteiger partial charge in [0, 0.05) is 6.07 Å². The van der Waals surface area contributed by atoms with Crippen LogP contribution in [0.2, 0.25) is 0 Å². The van der Waals surface area contributed by atoms with Crippen molar-refractivity contribution in [2.75, 3.05) is 6.61 Å². The summed E-state index contributed by atoms with van der Waals surface area (Å²) in [7, 11) is 0. The molecular weight excluding hydrogens is 416 g/mol. The number of Topliss-reactive ketones (excluding diaryl/α,β-unsaturated/α-hetero) is 1. The zero-order chi connectivity index (χ0) is 23.4. The fraction of sp³-hybridized carbons (Fsp3) is 0.214. The molecule has 0 atom stereocenters. The largest absolute Gasteiger partial charge is 0.482 e. The lowest BCUT2D eigenvalue weighted by atomic mass is 9.86. The van der Waals surface area contributed by atoms with Crippen molar-refractivity contribution >= 4 is 17.8 Å². The van der Waals surface area contributed by atoms with Gasteiger partial charge in [0.15, 0.2) is 12.4 Å². The molecule has 3 aromatic carbocycles. The fourth-order valence-electron chi connectivity index (χ4n) is 3.41. The number of carbonyl (C=O) groups excluding carboxylic acids is 2. The third-order valence-electron chi connectivity index (χ3n) is 5.32. The second-order valence-corrected chi connectivity index (χ2v) is 8.90. The summed E-state index contributed by atoms with van der Waals surface area (Å²) in [4.78, 5) is 24.7. The SMILES string of the molecule is CC(C)(C)c1ccc(C=C2Oc3cc(OCC(=O)OCc4ccccc4)ccc3C2=O)cc1. The fourth-order valence-corrected chi connectivity index (χ4v) is 3.41. The van der Waals surface area contributed by atoms with Crippen LogP contribution in [0.25, 0.3) is 6.08 Å². The monoisotopic (exact) mass is 442 g/mol. The van der Waals surface area contributed by atoms with Gasteiger partial charge >= 0.3 is 5.97 Å². The molecule has 168 valence electrons. The number of carbonyl (C=O) groups is 2. The summed E-state index contributed by atoms with van der Waals surface area (Å²) in [6, 6.07) is 22.4. The van der Waals surface area contributed by atoms with Crippen molar-refractivity contribution in [2.45, 2.75) is 32.8 Å². The highest BCUT2D eigenvalue weighted by Gasteiger charge is 2.28. The lowest BCUT2D eigenvalue weighted by Crippen LogP contribution is -2.14. The molecule has 0 bridgehead atoms. The molecule has 0 spiro atoms. The first-order valence-electron chi connectivity index (χ1n) is 10.8. The van der Waals surface area contributed by atoms with Crippen LogP contribution in [0.4, 0.5) is 0 Å². The van der Waals surface area contributed by atoms with Crippen molar-refractivity contribution in [3.8, 4) is 11.5 Å². The van der Waals surface area contributed by atoms with E-state index in [4.69, 9.17) is 14.2 Å². The quantitative estimate of drug-likeness (QED) is 0.361. The maximum atomic E-state index is 12.7. The number of fused-ring (bicyclic) bond motifs is 1. The highest BCUT2D eigenvalue weighted by atomic mass is 16.6. The molecule has 33 heavy (non-hydrogen) atoms. The lowest BCUT2D eigenvalue weighted by Gasteiger charge is -2.18. The summed E-state index contributed by atoms with van der Waals surface area (Å²) in [5.41, 5.74) is 3.54. The van der Waals surface area contributed by atoms with E-state index in [9.17, 15) is 9.59 Å². The second kappa shape index (κ2) is 9.33. The van der Waals surface area contributed by atoms with Crippen LogP contribution in [0.3, 0.4) is 0 Å². The summed E-state index contributed by atoms with van der Waals surface area (Å²) in [6.07, 6.45) is 1.73. The highest BCUT2D eigenvalue weighted by Crippen LogP contribution is 2.35. The van der Waals surface area contributed by atoms with Gasteiger partial charge in [-0.3, -0.25) is 4.79 Å². The Balaban J connectivity index is 1.37. The first-order chi connectivity index (χ1) is 15.8. The average Bonchev–Trinajstić information content (AvgIpc) is 3.11. The van der Waals surface area contributed by atoms with Gasteiger partial charge in [-0.15, -0.1) is 0 Å². The molecule has 0 saturated heterocycles. The Hall–Kier alpha value is -3.86. The Kier molecular flexibility index (Phi) is 6.31. The molecule has 3 aromatic rings. The minimum atomic E-state index is -0.476. The number of ketones is 1. The van der Waals surface area contributed by atoms with Gasteiger partial charge in [0.1, 0.15) is 18.1 Å². The maximum absolute atomic E-state index is 12.7. The Morgan fingerprint density at radius 3 is 2.39 bits per heavy atom. The number of benzene rings is 3. The van der Waals surface area contributed by atoms with Crippen molar-refractivity contribution < 1.29 is 23.8 Å². The van der Waals surface area contributed by atoms with Gasteiger partial charge in [0.25, 0.3) is 0 Å². The molecule has 4 rings (SSSR count). The van der Waals surface area contributed by atoms with Gasteiger partial charge in [-0.25, -0.2) is 4.79 Å². The molecule has 0 aliphatic carbocycles. The smallest absolute Gasteiger partial charge is 0.344 e. The molecule has 0 aromatic heterocycles. The Labute approximate surface area is 193 Å². The van der Waals surface area contributed by atoms with Crippen LogP contribution >= 0.6 is 0 Å². The number of rotatable bonds is 6. The van der Waals surface area contributed by atoms with E-state index in [2.05, 4.69) is 32.9 Å². The minimum absolute atomic E-state index is 0.0615. The normalized spacial score (nSPS) is 14.0. The topological polar surface area (TPSA) is 61.8 Å². The first kappa shape index (κ1) is 22.3. The van der Waals surface area contributed by atoms with Crippen LogP contribution < -0.4 is 9.47 Å². The summed E-state index contributed by atoms with van der Waals surface area (Å²) >= 11 is 0. The predicted octanol–water partition coefficient (Wildman–Crippen LogP) is 5.72. The number of ether oxygens (including phenoxy) is 3. The Morgan fingerprint density at radius 1 is 0.970 bits per heavy atom. The zero-order valence-corrected chi connectivity index (χ0v) is 19.0. The minimum Gasteiger partial charge on any atom is -0.482 e. The van der Waals surface area contributed by atoms with Gasteiger partial charge in [-0.2, -0.15) is 0 Å². The van der Waals surface area contributed by atoms with Crippen molar-refractivity contribution in [3.05, 3.63) is 101 Å². The molecule has 1 aliphatic heterocycles. The van der Waals surface area contributed by atoms with Gasteiger partial charge in [-0.05, 0) is 40.3 Å². The zero-order valence-electron chi connectivity index (χ0n) is 19.0.